The number of nitrogens with zero attached hydrogens (tertiary/aromatic N) is 1. The number of rotatable bonds is 1. The summed E-state index contributed by atoms with van der Waals surface area (Å²) in [6.45, 7) is 4.54. The van der Waals surface area contributed by atoms with Crippen molar-refractivity contribution in [1.29, 1.82) is 0 Å². The first kappa shape index (κ1) is 11.1. The van der Waals surface area contributed by atoms with Crippen molar-refractivity contribution in [1.82, 2.24) is 5.32 Å². The van der Waals surface area contributed by atoms with E-state index in [-0.39, 0.29) is 0 Å². The van der Waals surface area contributed by atoms with E-state index in [1.807, 2.05) is 0 Å². The molecule has 86 valence electrons. The Kier molecular flexibility index (Phi) is 3.79. The highest BCUT2D eigenvalue weighted by atomic mass is 15.1. The topological polar surface area (TPSA) is 24.4 Å². The number of nitrogens with one attached hydrogen (secondary N) is 1. The third-order valence-corrected chi connectivity index (χ3v) is 3.96. The maximum Gasteiger partial charge on any atom is 0.0967 e. The summed E-state index contributed by atoms with van der Waals surface area (Å²) < 4.78 is 0. The Labute approximate surface area is 93.6 Å². The van der Waals surface area contributed by atoms with Crippen LogP contribution in [0.3, 0.4) is 0 Å². The Morgan fingerprint density at radius 3 is 2.27 bits per heavy atom. The van der Waals surface area contributed by atoms with E-state index >= 15 is 0 Å². The predicted octanol–water partition coefficient (Wildman–Crippen LogP) is 2.98. The molecule has 0 spiro atoms. The van der Waals surface area contributed by atoms with Crippen LogP contribution in [-0.2, 0) is 0 Å². The second kappa shape index (κ2) is 5.11. The first-order valence-electron chi connectivity index (χ1n) is 6.55. The fourth-order valence-electron chi connectivity index (χ4n) is 2.95. The van der Waals surface area contributed by atoms with Crippen molar-refractivity contribution in [3.63, 3.8) is 0 Å². The molecule has 0 aromatic carbocycles. The molecule has 1 aliphatic carbocycles. The molecule has 1 aliphatic heterocycles. The summed E-state index contributed by atoms with van der Waals surface area (Å²) in [6, 6.07) is 0.563. The van der Waals surface area contributed by atoms with Crippen LogP contribution in [0, 0.1) is 11.8 Å². The first-order chi connectivity index (χ1) is 7.25. The van der Waals surface area contributed by atoms with Crippen molar-refractivity contribution in [2.24, 2.45) is 16.8 Å². The van der Waals surface area contributed by atoms with Crippen LogP contribution in [0.5, 0.6) is 0 Å². The van der Waals surface area contributed by atoms with Gasteiger partial charge in [0.05, 0.1) is 6.17 Å². The van der Waals surface area contributed by atoms with Crippen molar-refractivity contribution in [3.05, 3.63) is 0 Å². The summed E-state index contributed by atoms with van der Waals surface area (Å²) in [6.07, 6.45) is 10.9. The van der Waals surface area contributed by atoms with E-state index < -0.39 is 0 Å². The van der Waals surface area contributed by atoms with Gasteiger partial charge < -0.3 is 0 Å². The molecule has 1 N–H and O–H groups in total. The Hall–Kier alpha value is -0.370. The van der Waals surface area contributed by atoms with Gasteiger partial charge in [-0.1, -0.05) is 32.6 Å². The fraction of sp³-hybridized carbons (Fsp3) is 0.923. The molecule has 2 unspecified atom stereocenters. The molecular formula is C13H24N2. The maximum absolute atomic E-state index is 4.43. The molecule has 1 heterocycles. The van der Waals surface area contributed by atoms with Gasteiger partial charge in [0.2, 0.25) is 0 Å². The lowest BCUT2D eigenvalue weighted by Gasteiger charge is -2.26. The smallest absolute Gasteiger partial charge is 0.0967 e. The van der Waals surface area contributed by atoms with Gasteiger partial charge in [0.15, 0.2) is 0 Å². The lowest BCUT2D eigenvalue weighted by Crippen LogP contribution is -2.37. The molecular weight excluding hydrogens is 184 g/mol. The molecule has 15 heavy (non-hydrogen) atoms. The number of aliphatic imine (C=N–C) groups is 1. The molecule has 0 bridgehead atoms. The van der Waals surface area contributed by atoms with Gasteiger partial charge >= 0.3 is 0 Å². The normalized spacial score (nSPS) is 42.5. The van der Waals surface area contributed by atoms with Gasteiger partial charge in [0.25, 0.3) is 0 Å². The van der Waals surface area contributed by atoms with Gasteiger partial charge in [0, 0.05) is 12.3 Å². The zero-order valence-corrected chi connectivity index (χ0v) is 10.1. The van der Waals surface area contributed by atoms with Crippen LogP contribution >= 0.6 is 0 Å². The molecule has 0 amide bonds. The molecule has 2 heteroatoms. The van der Waals surface area contributed by atoms with E-state index in [2.05, 4.69) is 30.4 Å². The summed E-state index contributed by atoms with van der Waals surface area (Å²) in [5.41, 5.74) is 0. The minimum atomic E-state index is 0.347. The molecule has 2 rings (SSSR count). The zero-order valence-electron chi connectivity index (χ0n) is 10.1. The molecule has 2 aliphatic rings. The standard InChI is InChI=1S/C13H24N2/c1-10-5-3-7-12(8-4-6-10)13-9-14-11(2)15-13/h9-13,15H,3-8H2,1-2H3. The SMILES string of the molecule is CC1CCCC(C2C=NC(C)N2)CCC1. The zero-order chi connectivity index (χ0) is 10.7. The predicted molar refractivity (Wildman–Crippen MR) is 65.2 cm³/mol. The molecule has 1 fully saturated rings. The third-order valence-electron chi connectivity index (χ3n) is 3.96. The molecule has 2 nitrogen and oxygen atoms in total. The lowest BCUT2D eigenvalue weighted by atomic mass is 9.83. The average Bonchev–Trinajstić information content (AvgIpc) is 2.58. The summed E-state index contributed by atoms with van der Waals surface area (Å²) >= 11 is 0. The van der Waals surface area contributed by atoms with Crippen LogP contribution < -0.4 is 5.32 Å². The van der Waals surface area contributed by atoms with Crippen LogP contribution in [0.1, 0.15) is 52.4 Å². The van der Waals surface area contributed by atoms with Crippen LogP contribution in [0.4, 0.5) is 0 Å². The molecule has 0 saturated heterocycles. The van der Waals surface area contributed by atoms with Gasteiger partial charge in [-0.2, -0.15) is 0 Å². The highest BCUT2D eigenvalue weighted by Crippen LogP contribution is 2.28. The van der Waals surface area contributed by atoms with E-state index in [9.17, 15) is 0 Å². The summed E-state index contributed by atoms with van der Waals surface area (Å²) in [5, 5.41) is 3.56. The van der Waals surface area contributed by atoms with Crippen LogP contribution in [-0.4, -0.2) is 18.4 Å². The molecule has 0 aromatic rings. The van der Waals surface area contributed by atoms with E-state index in [1.165, 1.54) is 38.5 Å². The van der Waals surface area contributed by atoms with Crippen molar-refractivity contribution in [2.45, 2.75) is 64.6 Å². The van der Waals surface area contributed by atoms with Crippen molar-refractivity contribution in [3.8, 4) is 0 Å². The van der Waals surface area contributed by atoms with Gasteiger partial charge in [-0.25, -0.2) is 0 Å². The second-order valence-electron chi connectivity index (χ2n) is 5.39. The van der Waals surface area contributed by atoms with Crippen molar-refractivity contribution < 1.29 is 0 Å². The fourth-order valence-corrected chi connectivity index (χ4v) is 2.95. The molecule has 0 radical (unpaired) electrons. The molecule has 0 aromatic heterocycles. The quantitative estimate of drug-likeness (QED) is 0.704. The Morgan fingerprint density at radius 1 is 1.07 bits per heavy atom. The van der Waals surface area contributed by atoms with Crippen LogP contribution in [0.2, 0.25) is 0 Å². The monoisotopic (exact) mass is 208 g/mol. The average molecular weight is 208 g/mol. The first-order valence-corrected chi connectivity index (χ1v) is 6.55. The van der Waals surface area contributed by atoms with E-state index in [4.69, 9.17) is 0 Å². The molecule has 2 atom stereocenters. The van der Waals surface area contributed by atoms with Crippen molar-refractivity contribution in [2.75, 3.05) is 0 Å². The minimum absolute atomic E-state index is 0.347. The largest absolute Gasteiger partial charge is 0.288 e. The van der Waals surface area contributed by atoms with Gasteiger partial charge in [-0.3, -0.25) is 10.3 Å². The van der Waals surface area contributed by atoms with Crippen LogP contribution in [0.25, 0.3) is 0 Å². The highest BCUT2D eigenvalue weighted by Gasteiger charge is 2.25. The van der Waals surface area contributed by atoms with E-state index in [0.717, 1.165) is 11.8 Å². The summed E-state index contributed by atoms with van der Waals surface area (Å²) in [4.78, 5) is 4.43. The van der Waals surface area contributed by atoms with Gasteiger partial charge in [-0.05, 0) is 31.6 Å². The van der Waals surface area contributed by atoms with Crippen molar-refractivity contribution >= 4 is 6.21 Å². The highest BCUT2D eigenvalue weighted by molar-refractivity contribution is 5.67. The van der Waals surface area contributed by atoms with E-state index in [0.29, 0.717) is 12.2 Å². The lowest BCUT2D eigenvalue weighted by molar-refractivity contribution is 0.300. The van der Waals surface area contributed by atoms with E-state index in [1.54, 1.807) is 0 Å². The third kappa shape index (κ3) is 3.04. The molecule has 1 saturated carbocycles. The Balaban J connectivity index is 1.84. The van der Waals surface area contributed by atoms with Gasteiger partial charge in [0.1, 0.15) is 0 Å². The maximum atomic E-state index is 4.43. The second-order valence-corrected chi connectivity index (χ2v) is 5.39. The Morgan fingerprint density at radius 2 is 1.73 bits per heavy atom. The summed E-state index contributed by atoms with van der Waals surface area (Å²) in [7, 11) is 0. The number of hydrogen-bond acceptors (Lipinski definition) is 2. The van der Waals surface area contributed by atoms with Crippen LogP contribution in [0.15, 0.2) is 4.99 Å². The minimum Gasteiger partial charge on any atom is -0.288 e. The Bertz CT molecular complexity index is 215. The number of hydrogen-bond donors (Lipinski definition) is 1. The van der Waals surface area contributed by atoms with Gasteiger partial charge in [-0.15, -0.1) is 0 Å². The summed E-state index contributed by atoms with van der Waals surface area (Å²) in [5.74, 6) is 1.79.